The lowest BCUT2D eigenvalue weighted by atomic mass is 10.1. The van der Waals surface area contributed by atoms with Crippen LogP contribution in [0.3, 0.4) is 0 Å². The molecule has 1 atom stereocenters. The minimum atomic E-state index is -0.793. The van der Waals surface area contributed by atoms with Crippen LogP contribution in [0.2, 0.25) is 0 Å². The third-order valence-corrected chi connectivity index (χ3v) is 10.2. The highest BCUT2D eigenvalue weighted by Crippen LogP contribution is 2.13. The monoisotopic (exact) mass is 823 g/mol. The molecule has 0 aliphatic rings. The maximum Gasteiger partial charge on any atom is 0.306 e. The van der Waals surface area contributed by atoms with Crippen LogP contribution >= 0.6 is 0 Å². The minimum Gasteiger partial charge on any atom is -0.462 e. The van der Waals surface area contributed by atoms with Gasteiger partial charge in [0.1, 0.15) is 13.2 Å². The largest absolute Gasteiger partial charge is 0.462 e. The third-order valence-electron chi connectivity index (χ3n) is 10.2. The minimum absolute atomic E-state index is 0.0934. The number of hydrogen-bond donors (Lipinski definition) is 0. The van der Waals surface area contributed by atoms with Crippen molar-refractivity contribution in [3.8, 4) is 0 Å². The van der Waals surface area contributed by atoms with Gasteiger partial charge in [-0.25, -0.2) is 0 Å². The van der Waals surface area contributed by atoms with E-state index in [4.69, 9.17) is 14.2 Å². The van der Waals surface area contributed by atoms with E-state index in [1.165, 1.54) is 57.8 Å². The Labute approximate surface area is 363 Å². The van der Waals surface area contributed by atoms with Gasteiger partial charge in [0.15, 0.2) is 6.10 Å². The fourth-order valence-electron chi connectivity index (χ4n) is 6.55. The van der Waals surface area contributed by atoms with Crippen molar-refractivity contribution in [1.29, 1.82) is 0 Å². The average molecular weight is 823 g/mol. The lowest BCUT2D eigenvalue weighted by Gasteiger charge is -2.18. The molecule has 0 aromatic rings. The number of hydrogen-bond acceptors (Lipinski definition) is 6. The molecule has 1 unspecified atom stereocenters. The van der Waals surface area contributed by atoms with E-state index in [-0.39, 0.29) is 31.1 Å². The number of unbranched alkanes of at least 4 members (excludes halogenated alkanes) is 20. The van der Waals surface area contributed by atoms with Crippen LogP contribution in [0, 0.1) is 0 Å². The van der Waals surface area contributed by atoms with Crippen LogP contribution in [0.15, 0.2) is 72.9 Å². The highest BCUT2D eigenvalue weighted by Gasteiger charge is 2.19. The van der Waals surface area contributed by atoms with Crippen LogP contribution in [-0.4, -0.2) is 37.2 Å². The van der Waals surface area contributed by atoms with Crippen molar-refractivity contribution in [2.75, 3.05) is 13.2 Å². The smallest absolute Gasteiger partial charge is 0.306 e. The Morgan fingerprint density at radius 3 is 1.07 bits per heavy atom. The number of ether oxygens (including phenoxy) is 3. The Morgan fingerprint density at radius 2 is 0.661 bits per heavy atom. The van der Waals surface area contributed by atoms with Crippen LogP contribution in [0.1, 0.15) is 226 Å². The number of esters is 3. The molecule has 0 aliphatic carbocycles. The first-order valence-corrected chi connectivity index (χ1v) is 24.4. The Balaban J connectivity index is 4.43. The summed E-state index contributed by atoms with van der Waals surface area (Å²) in [6, 6.07) is 0. The number of allylic oxidation sites excluding steroid dienone is 12. The van der Waals surface area contributed by atoms with Gasteiger partial charge in [-0.15, -0.1) is 0 Å². The van der Waals surface area contributed by atoms with Gasteiger partial charge in [-0.3, -0.25) is 14.4 Å². The maximum absolute atomic E-state index is 12.7. The van der Waals surface area contributed by atoms with Crippen molar-refractivity contribution >= 4 is 17.9 Å². The predicted molar refractivity (Wildman–Crippen MR) is 251 cm³/mol. The summed E-state index contributed by atoms with van der Waals surface area (Å²) >= 11 is 0. The molecule has 6 nitrogen and oxygen atoms in total. The second-order valence-corrected chi connectivity index (χ2v) is 16.0. The maximum atomic E-state index is 12.7. The molecule has 338 valence electrons. The summed E-state index contributed by atoms with van der Waals surface area (Å²) in [4.78, 5) is 37.9. The highest BCUT2D eigenvalue weighted by molar-refractivity contribution is 5.71. The molecule has 0 spiro atoms. The zero-order valence-corrected chi connectivity index (χ0v) is 38.5. The van der Waals surface area contributed by atoms with E-state index in [0.29, 0.717) is 19.3 Å². The SMILES string of the molecule is CC/C=C\C/C=C\C/C=C\CCCCCCCCC(=O)OCC(COC(=O)CCCCCCC/C=C\C/C=C\CC)OC(=O)CCCCC/C=C\CCCCCCCC. The summed E-state index contributed by atoms with van der Waals surface area (Å²) in [6.07, 6.45) is 58.8. The molecule has 0 radical (unpaired) electrons. The second-order valence-electron chi connectivity index (χ2n) is 16.0. The fourth-order valence-corrected chi connectivity index (χ4v) is 6.55. The summed E-state index contributed by atoms with van der Waals surface area (Å²) < 4.78 is 16.7. The summed E-state index contributed by atoms with van der Waals surface area (Å²) in [5.41, 5.74) is 0. The van der Waals surface area contributed by atoms with Crippen molar-refractivity contribution in [2.24, 2.45) is 0 Å². The third kappa shape index (κ3) is 45.8. The number of carbonyl (C=O) groups excluding carboxylic acids is 3. The van der Waals surface area contributed by atoms with Gasteiger partial charge in [0.05, 0.1) is 0 Å². The summed E-state index contributed by atoms with van der Waals surface area (Å²) in [6.45, 7) is 6.36. The first kappa shape index (κ1) is 55.9. The summed E-state index contributed by atoms with van der Waals surface area (Å²) in [5, 5.41) is 0. The lowest BCUT2D eigenvalue weighted by Crippen LogP contribution is -2.30. The van der Waals surface area contributed by atoms with Gasteiger partial charge in [-0.1, -0.05) is 177 Å². The molecule has 0 aromatic carbocycles. The van der Waals surface area contributed by atoms with Gasteiger partial charge >= 0.3 is 17.9 Å². The molecule has 59 heavy (non-hydrogen) atoms. The summed E-state index contributed by atoms with van der Waals surface area (Å²) in [5.74, 6) is -0.939. The van der Waals surface area contributed by atoms with Crippen molar-refractivity contribution in [3.05, 3.63) is 72.9 Å². The Hall–Kier alpha value is -3.15. The normalized spacial score (nSPS) is 12.7. The zero-order chi connectivity index (χ0) is 43.0. The number of carbonyl (C=O) groups is 3. The van der Waals surface area contributed by atoms with Gasteiger partial charge in [0.25, 0.3) is 0 Å². The molecule has 0 fully saturated rings. The Morgan fingerprint density at radius 1 is 0.356 bits per heavy atom. The van der Waals surface area contributed by atoms with E-state index in [1.54, 1.807) is 0 Å². The van der Waals surface area contributed by atoms with Crippen LogP contribution in [-0.2, 0) is 28.6 Å². The highest BCUT2D eigenvalue weighted by atomic mass is 16.6. The van der Waals surface area contributed by atoms with E-state index in [0.717, 1.165) is 128 Å². The van der Waals surface area contributed by atoms with Crippen molar-refractivity contribution in [3.63, 3.8) is 0 Å². The van der Waals surface area contributed by atoms with Gasteiger partial charge in [-0.2, -0.15) is 0 Å². The molecule has 0 heterocycles. The van der Waals surface area contributed by atoms with Crippen molar-refractivity contribution < 1.29 is 28.6 Å². The number of rotatable bonds is 43. The molecule has 6 heteroatoms. The van der Waals surface area contributed by atoms with Gasteiger partial charge < -0.3 is 14.2 Å². The summed E-state index contributed by atoms with van der Waals surface area (Å²) in [7, 11) is 0. The second kappa shape index (κ2) is 47.5. The predicted octanol–water partition coefficient (Wildman–Crippen LogP) is 15.9. The van der Waals surface area contributed by atoms with Crippen molar-refractivity contribution in [2.45, 2.75) is 232 Å². The molecule has 0 rings (SSSR count). The quantitative estimate of drug-likeness (QED) is 0.0264. The van der Waals surface area contributed by atoms with Crippen molar-refractivity contribution in [1.82, 2.24) is 0 Å². The molecule has 0 saturated carbocycles. The topological polar surface area (TPSA) is 78.9 Å². The van der Waals surface area contributed by atoms with Crippen LogP contribution in [0.5, 0.6) is 0 Å². The van der Waals surface area contributed by atoms with Gasteiger partial charge in [0.2, 0.25) is 0 Å². The standard InChI is InChI=1S/C53H90O6/c1-4-7-10-13-16-19-22-25-26-27-29-31-34-37-40-43-46-52(55)58-49-50(48-57-51(54)45-42-39-36-33-30-24-21-18-15-12-9-6-3)59-53(56)47-44-41-38-35-32-28-23-20-17-14-11-8-5-2/h7,9-10,12,16,18-19,21,25-26,28,32,50H,4-6,8,11,13-15,17,20,22-24,27,29-31,33-49H2,1-3H3/b10-7-,12-9-,19-16-,21-18-,26-25-,32-28-. The first-order chi connectivity index (χ1) is 29.0. The molecule has 0 N–H and O–H groups in total. The van der Waals surface area contributed by atoms with Crippen LogP contribution in [0.4, 0.5) is 0 Å². The Bertz CT molecular complexity index is 1130. The van der Waals surface area contributed by atoms with E-state index in [1.807, 2.05) is 0 Å². The van der Waals surface area contributed by atoms with Gasteiger partial charge in [0, 0.05) is 19.3 Å². The van der Waals surface area contributed by atoms with Crippen LogP contribution < -0.4 is 0 Å². The molecular weight excluding hydrogens is 733 g/mol. The van der Waals surface area contributed by atoms with Gasteiger partial charge in [-0.05, 0) is 103 Å². The average Bonchev–Trinajstić information content (AvgIpc) is 3.23. The first-order valence-electron chi connectivity index (χ1n) is 24.4. The van der Waals surface area contributed by atoms with E-state index < -0.39 is 6.10 Å². The Kier molecular flexibility index (Phi) is 45.0. The molecular formula is C53H90O6. The van der Waals surface area contributed by atoms with E-state index in [2.05, 4.69) is 93.7 Å². The zero-order valence-electron chi connectivity index (χ0n) is 38.5. The molecule has 0 aromatic heterocycles. The molecule has 0 amide bonds. The van der Waals surface area contributed by atoms with Crippen LogP contribution in [0.25, 0.3) is 0 Å². The van der Waals surface area contributed by atoms with E-state index >= 15 is 0 Å². The fraction of sp³-hybridized carbons (Fsp3) is 0.717. The lowest BCUT2D eigenvalue weighted by molar-refractivity contribution is -0.167. The molecule has 0 saturated heterocycles. The molecule has 0 aliphatic heterocycles. The molecule has 0 bridgehead atoms. The van der Waals surface area contributed by atoms with E-state index in [9.17, 15) is 14.4 Å².